The quantitative estimate of drug-likeness (QED) is 0.935. The largest absolute Gasteiger partial charge is 0.573 e. The Bertz CT molecular complexity index is 716. The normalized spacial score (nSPS) is 16.5. The van der Waals surface area contributed by atoms with E-state index in [0.717, 1.165) is 25.2 Å². The number of nitrogens with zero attached hydrogens (tertiary/aromatic N) is 2. The lowest BCUT2D eigenvalue weighted by molar-refractivity contribution is -0.274. The SMILES string of the molecule is N=c1sc2cc(OC(F)(F)F)ccc2n1CCN1CCCC1. The van der Waals surface area contributed by atoms with Crippen molar-refractivity contribution in [2.24, 2.45) is 0 Å². The van der Waals surface area contributed by atoms with Crippen LogP contribution in [0.4, 0.5) is 13.2 Å². The molecule has 1 aromatic heterocycles. The van der Waals surface area contributed by atoms with Crippen molar-refractivity contribution in [1.82, 2.24) is 9.47 Å². The first-order valence-electron chi connectivity index (χ1n) is 7.08. The molecule has 8 heteroatoms. The van der Waals surface area contributed by atoms with E-state index in [2.05, 4.69) is 9.64 Å². The van der Waals surface area contributed by atoms with Gasteiger partial charge in [-0.25, -0.2) is 0 Å². The monoisotopic (exact) mass is 331 g/mol. The molecule has 1 N–H and O–H groups in total. The Morgan fingerprint density at radius 3 is 2.59 bits per heavy atom. The van der Waals surface area contributed by atoms with Crippen molar-refractivity contribution < 1.29 is 17.9 Å². The number of ether oxygens (including phenoxy) is 1. The van der Waals surface area contributed by atoms with Crippen molar-refractivity contribution in [1.29, 1.82) is 5.41 Å². The first-order valence-corrected chi connectivity index (χ1v) is 7.90. The Morgan fingerprint density at radius 1 is 1.18 bits per heavy atom. The van der Waals surface area contributed by atoms with Crippen LogP contribution in [0.3, 0.4) is 0 Å². The summed E-state index contributed by atoms with van der Waals surface area (Å²) in [5, 5.41) is 8.02. The maximum absolute atomic E-state index is 12.3. The zero-order valence-electron chi connectivity index (χ0n) is 11.8. The van der Waals surface area contributed by atoms with Gasteiger partial charge in [0, 0.05) is 13.1 Å². The number of halogens is 3. The van der Waals surface area contributed by atoms with E-state index in [9.17, 15) is 13.2 Å². The maximum atomic E-state index is 12.3. The molecule has 4 nitrogen and oxygen atoms in total. The lowest BCUT2D eigenvalue weighted by Crippen LogP contribution is -2.27. The van der Waals surface area contributed by atoms with E-state index in [4.69, 9.17) is 5.41 Å². The molecule has 1 fully saturated rings. The molecule has 2 aromatic rings. The Balaban J connectivity index is 1.81. The molecule has 0 spiro atoms. The van der Waals surface area contributed by atoms with Gasteiger partial charge in [-0.15, -0.1) is 13.2 Å². The summed E-state index contributed by atoms with van der Waals surface area (Å²) in [6.07, 6.45) is -2.28. The van der Waals surface area contributed by atoms with E-state index in [-0.39, 0.29) is 5.75 Å². The number of benzene rings is 1. The highest BCUT2D eigenvalue weighted by Crippen LogP contribution is 2.27. The van der Waals surface area contributed by atoms with Crippen LogP contribution in [-0.4, -0.2) is 35.5 Å². The number of hydrogen-bond donors (Lipinski definition) is 1. The van der Waals surface area contributed by atoms with Gasteiger partial charge >= 0.3 is 6.36 Å². The number of rotatable bonds is 4. The summed E-state index contributed by atoms with van der Waals surface area (Å²) >= 11 is 1.17. The summed E-state index contributed by atoms with van der Waals surface area (Å²) in [4.78, 5) is 2.69. The van der Waals surface area contributed by atoms with E-state index in [1.807, 2.05) is 4.57 Å². The van der Waals surface area contributed by atoms with Gasteiger partial charge in [-0.2, -0.15) is 0 Å². The van der Waals surface area contributed by atoms with Crippen LogP contribution in [0, 0.1) is 5.41 Å². The summed E-state index contributed by atoms with van der Waals surface area (Å²) in [5.41, 5.74) is 0.781. The lowest BCUT2D eigenvalue weighted by Gasteiger charge is -2.15. The molecule has 0 atom stereocenters. The number of fused-ring (bicyclic) bond motifs is 1. The average molecular weight is 331 g/mol. The summed E-state index contributed by atoms with van der Waals surface area (Å²) in [5.74, 6) is -0.243. The third kappa shape index (κ3) is 3.44. The third-order valence-electron chi connectivity index (χ3n) is 3.75. The fourth-order valence-electron chi connectivity index (χ4n) is 2.73. The van der Waals surface area contributed by atoms with Gasteiger partial charge in [-0.05, 0) is 44.1 Å². The van der Waals surface area contributed by atoms with Crippen LogP contribution >= 0.6 is 11.3 Å². The molecule has 1 saturated heterocycles. The highest BCUT2D eigenvalue weighted by atomic mass is 32.1. The Morgan fingerprint density at radius 2 is 1.91 bits per heavy atom. The van der Waals surface area contributed by atoms with Crippen molar-refractivity contribution in [3.05, 3.63) is 23.0 Å². The molecule has 0 bridgehead atoms. The second kappa shape index (κ2) is 5.92. The molecule has 0 aliphatic carbocycles. The minimum atomic E-state index is -4.69. The highest BCUT2D eigenvalue weighted by Gasteiger charge is 2.31. The molecule has 3 rings (SSSR count). The minimum absolute atomic E-state index is 0.243. The van der Waals surface area contributed by atoms with Crippen molar-refractivity contribution in [3.8, 4) is 5.75 Å². The van der Waals surface area contributed by atoms with Gasteiger partial charge in [0.15, 0.2) is 4.80 Å². The second-order valence-corrected chi connectivity index (χ2v) is 6.32. The van der Waals surface area contributed by atoms with Gasteiger partial charge in [0.2, 0.25) is 0 Å². The number of hydrogen-bond acceptors (Lipinski definition) is 4. The molecule has 1 aliphatic heterocycles. The summed E-state index contributed by atoms with van der Waals surface area (Å²) in [6, 6.07) is 4.24. The van der Waals surface area contributed by atoms with Crippen molar-refractivity contribution >= 4 is 21.6 Å². The molecule has 0 unspecified atom stereocenters. The number of aromatic nitrogens is 1. The van der Waals surface area contributed by atoms with Gasteiger partial charge in [-0.3, -0.25) is 5.41 Å². The van der Waals surface area contributed by atoms with Crippen LogP contribution in [0.2, 0.25) is 0 Å². The summed E-state index contributed by atoms with van der Waals surface area (Å²) in [7, 11) is 0. The molecule has 120 valence electrons. The molecule has 2 heterocycles. The number of nitrogens with one attached hydrogen (secondary N) is 1. The Labute approximate surface area is 129 Å². The van der Waals surface area contributed by atoms with Gasteiger partial charge in [0.1, 0.15) is 5.75 Å². The van der Waals surface area contributed by atoms with Crippen molar-refractivity contribution in [3.63, 3.8) is 0 Å². The zero-order valence-corrected chi connectivity index (χ0v) is 12.6. The van der Waals surface area contributed by atoms with Crippen LogP contribution in [-0.2, 0) is 6.54 Å². The van der Waals surface area contributed by atoms with Crippen LogP contribution in [0.5, 0.6) is 5.75 Å². The van der Waals surface area contributed by atoms with Crippen LogP contribution in [0.25, 0.3) is 10.2 Å². The van der Waals surface area contributed by atoms with Gasteiger partial charge < -0.3 is 14.2 Å². The molecule has 0 saturated carbocycles. The fourth-order valence-corrected chi connectivity index (χ4v) is 3.70. The molecule has 22 heavy (non-hydrogen) atoms. The van der Waals surface area contributed by atoms with Crippen LogP contribution in [0.15, 0.2) is 18.2 Å². The predicted octanol–water partition coefficient (Wildman–Crippen LogP) is 3.18. The maximum Gasteiger partial charge on any atom is 0.573 e. The van der Waals surface area contributed by atoms with Crippen molar-refractivity contribution in [2.45, 2.75) is 25.7 Å². The zero-order chi connectivity index (χ0) is 15.7. The van der Waals surface area contributed by atoms with E-state index >= 15 is 0 Å². The van der Waals surface area contributed by atoms with Crippen molar-refractivity contribution in [2.75, 3.05) is 19.6 Å². The van der Waals surface area contributed by atoms with E-state index in [1.165, 1.54) is 36.3 Å². The van der Waals surface area contributed by atoms with Crippen LogP contribution in [0.1, 0.15) is 12.8 Å². The molecule has 0 amide bonds. The molecule has 1 aromatic carbocycles. The Kier molecular flexibility index (Phi) is 4.14. The second-order valence-electron chi connectivity index (χ2n) is 5.28. The number of thiazole rings is 1. The molecule has 0 radical (unpaired) electrons. The fraction of sp³-hybridized carbons (Fsp3) is 0.500. The van der Waals surface area contributed by atoms with Gasteiger partial charge in [0.05, 0.1) is 10.2 Å². The van der Waals surface area contributed by atoms with E-state index in [0.29, 0.717) is 16.0 Å². The minimum Gasteiger partial charge on any atom is -0.406 e. The molecule has 1 aliphatic rings. The number of alkyl halides is 3. The lowest BCUT2D eigenvalue weighted by atomic mass is 10.3. The standard InChI is InChI=1S/C14H16F3N3OS/c15-14(16,17)21-10-3-4-11-12(9-10)22-13(18)20(11)8-7-19-5-1-2-6-19/h3-4,9,18H,1-2,5-8H2. The molecular formula is C14H16F3N3OS. The van der Waals surface area contributed by atoms with Gasteiger partial charge in [0.25, 0.3) is 0 Å². The first-order chi connectivity index (χ1) is 10.4. The number of likely N-dealkylation sites (tertiary alicyclic amines) is 1. The first kappa shape index (κ1) is 15.4. The van der Waals surface area contributed by atoms with Gasteiger partial charge in [-0.1, -0.05) is 11.3 Å². The average Bonchev–Trinajstić information content (AvgIpc) is 3.01. The molecular weight excluding hydrogens is 315 g/mol. The smallest absolute Gasteiger partial charge is 0.406 e. The third-order valence-corrected chi connectivity index (χ3v) is 4.71. The van der Waals surface area contributed by atoms with Crippen LogP contribution < -0.4 is 9.54 Å². The van der Waals surface area contributed by atoms with E-state index < -0.39 is 6.36 Å². The topological polar surface area (TPSA) is 41.2 Å². The highest BCUT2D eigenvalue weighted by molar-refractivity contribution is 7.16. The summed E-state index contributed by atoms with van der Waals surface area (Å²) in [6.45, 7) is 3.71. The van der Waals surface area contributed by atoms with E-state index in [1.54, 1.807) is 6.07 Å². The predicted molar refractivity (Wildman–Crippen MR) is 78.0 cm³/mol. The summed E-state index contributed by atoms with van der Waals surface area (Å²) < 4.78 is 43.2. The Hall–Kier alpha value is -1.54.